The number of ether oxygens (including phenoxy) is 2. The van der Waals surface area contributed by atoms with Gasteiger partial charge < -0.3 is 14.9 Å². The van der Waals surface area contributed by atoms with Crippen LogP contribution in [0.25, 0.3) is 0 Å². The topological polar surface area (TPSA) is 75.2 Å². The van der Waals surface area contributed by atoms with E-state index >= 15 is 0 Å². The number of alkyl halides is 6. The third kappa shape index (κ3) is 6.49. The number of morpholine rings is 1. The highest BCUT2D eigenvalue weighted by Crippen LogP contribution is 2.39. The fourth-order valence-electron chi connectivity index (χ4n) is 4.23. The van der Waals surface area contributed by atoms with Crippen LogP contribution in [0.1, 0.15) is 41.3 Å². The molecule has 14 heteroatoms. The summed E-state index contributed by atoms with van der Waals surface area (Å²) in [6, 6.07) is 5.90. The third-order valence-electron chi connectivity index (χ3n) is 6.08. The second-order valence-corrected chi connectivity index (χ2v) is 8.75. The van der Waals surface area contributed by atoms with E-state index in [1.54, 1.807) is 0 Å². The van der Waals surface area contributed by atoms with Gasteiger partial charge in [-0.15, -0.1) is 0 Å². The van der Waals surface area contributed by atoms with Crippen molar-refractivity contribution < 1.29 is 45.0 Å². The molecule has 2 heterocycles. The Morgan fingerprint density at radius 1 is 1.11 bits per heavy atom. The molecule has 0 saturated carbocycles. The molecule has 1 unspecified atom stereocenters. The summed E-state index contributed by atoms with van der Waals surface area (Å²) in [4.78, 5) is 17.0. The fraction of sp³-hybridized carbons (Fsp3) is 0.417. The van der Waals surface area contributed by atoms with E-state index in [1.807, 2.05) is 4.90 Å². The molecule has 2 aliphatic rings. The number of hydrogen-bond donors (Lipinski definition) is 2. The monoisotopic (exact) mass is 548 g/mol. The van der Waals surface area contributed by atoms with Crippen LogP contribution >= 0.6 is 0 Å². The van der Waals surface area contributed by atoms with Crippen LogP contribution in [0.2, 0.25) is 0 Å². The van der Waals surface area contributed by atoms with Gasteiger partial charge in [-0.25, -0.2) is 14.8 Å². The van der Waals surface area contributed by atoms with Crippen LogP contribution in [-0.2, 0) is 26.6 Å². The maximum atomic E-state index is 13.6. The maximum absolute atomic E-state index is 13.6. The number of carbonyl (C=O) groups is 1. The summed E-state index contributed by atoms with van der Waals surface area (Å²) in [5.41, 5.74) is 2.72. The largest absolute Gasteiger partial charge is 0.416 e. The van der Waals surface area contributed by atoms with Gasteiger partial charge in [0.15, 0.2) is 18.7 Å². The van der Waals surface area contributed by atoms with Crippen molar-refractivity contribution in [1.82, 2.24) is 15.8 Å². The van der Waals surface area contributed by atoms with Crippen molar-refractivity contribution in [3.63, 3.8) is 0 Å². The Bertz CT molecular complexity index is 1140. The first-order chi connectivity index (χ1) is 17.8. The second kappa shape index (κ2) is 11.0. The standard InChI is InChI=1S/C24H23F7N4O3/c1-13(15-8-16(23(26,27)28)10-17(9-15)24(29,30)31)38-22-21(14-2-4-18(25)5-3-14)35(6-7-37-22)11-19-32-20(12-36)34-33-19/h2-5,8-10,12-13,20-22,34H,6-7,11H2,1H3,(H,32,33)/t13-,20?,21+,22-/m1/s1. The van der Waals surface area contributed by atoms with Gasteiger partial charge in [-0.05, 0) is 48.4 Å². The maximum Gasteiger partial charge on any atom is 0.416 e. The predicted molar refractivity (Wildman–Crippen MR) is 120 cm³/mol. The van der Waals surface area contributed by atoms with E-state index in [0.717, 1.165) is 0 Å². The van der Waals surface area contributed by atoms with Gasteiger partial charge in [0.25, 0.3) is 0 Å². The average Bonchev–Trinajstić information content (AvgIpc) is 3.31. The van der Waals surface area contributed by atoms with Crippen molar-refractivity contribution in [1.29, 1.82) is 0 Å². The first-order valence-electron chi connectivity index (χ1n) is 11.4. The Hall–Kier alpha value is -3.07. The number of rotatable bonds is 7. The molecule has 0 aliphatic carbocycles. The zero-order chi connectivity index (χ0) is 27.7. The Morgan fingerprint density at radius 2 is 1.74 bits per heavy atom. The van der Waals surface area contributed by atoms with Gasteiger partial charge in [-0.1, -0.05) is 12.1 Å². The molecule has 0 aromatic heterocycles. The van der Waals surface area contributed by atoms with Gasteiger partial charge in [0, 0.05) is 6.54 Å². The Balaban J connectivity index is 1.64. The van der Waals surface area contributed by atoms with Crippen molar-refractivity contribution in [2.24, 2.45) is 4.99 Å². The highest BCUT2D eigenvalue weighted by Gasteiger charge is 2.39. The number of hydrogen-bond acceptors (Lipinski definition) is 7. The SMILES string of the molecule is C[C@@H](O[C@H]1OCCN(CC2=NC(C=O)NN2)[C@H]1c1ccc(F)cc1)c1cc(C(F)(F)F)cc(C(F)(F)F)c1. The van der Waals surface area contributed by atoms with E-state index in [-0.39, 0.29) is 24.8 Å². The van der Waals surface area contributed by atoms with Gasteiger partial charge >= 0.3 is 12.4 Å². The summed E-state index contributed by atoms with van der Waals surface area (Å²) < 4.78 is 105. The lowest BCUT2D eigenvalue weighted by Gasteiger charge is -2.42. The lowest BCUT2D eigenvalue weighted by atomic mass is 10.0. The van der Waals surface area contributed by atoms with Crippen molar-refractivity contribution in [2.75, 3.05) is 19.7 Å². The number of hydrazine groups is 1. The normalized spacial score (nSPS) is 23.6. The second-order valence-electron chi connectivity index (χ2n) is 8.75. The summed E-state index contributed by atoms with van der Waals surface area (Å²) in [6.45, 7) is 1.94. The molecular formula is C24H23F7N4O3. The van der Waals surface area contributed by atoms with Gasteiger partial charge in [0.2, 0.25) is 0 Å². The molecule has 0 bridgehead atoms. The molecule has 2 aromatic carbocycles. The molecule has 0 radical (unpaired) electrons. The minimum Gasteiger partial charge on any atom is -0.349 e. The summed E-state index contributed by atoms with van der Waals surface area (Å²) >= 11 is 0. The molecular weight excluding hydrogens is 525 g/mol. The van der Waals surface area contributed by atoms with E-state index < -0.39 is 53.9 Å². The lowest BCUT2D eigenvalue weighted by Crippen LogP contribution is -2.50. The zero-order valence-electron chi connectivity index (χ0n) is 19.8. The minimum absolute atomic E-state index is 0.0480. The number of benzene rings is 2. The number of carbonyl (C=O) groups excluding carboxylic acids is 1. The minimum atomic E-state index is -5.01. The predicted octanol–water partition coefficient (Wildman–Crippen LogP) is 4.37. The highest BCUT2D eigenvalue weighted by molar-refractivity contribution is 5.87. The van der Waals surface area contributed by atoms with Crippen LogP contribution in [0.3, 0.4) is 0 Å². The number of aliphatic imine (C=N–C) groups is 1. The molecule has 38 heavy (non-hydrogen) atoms. The highest BCUT2D eigenvalue weighted by atomic mass is 19.4. The lowest BCUT2D eigenvalue weighted by molar-refractivity contribution is -0.227. The number of amidine groups is 1. The molecule has 2 N–H and O–H groups in total. The number of nitrogens with zero attached hydrogens (tertiary/aromatic N) is 2. The smallest absolute Gasteiger partial charge is 0.349 e. The Labute approximate surface area is 212 Å². The Kier molecular flexibility index (Phi) is 8.06. The first-order valence-corrected chi connectivity index (χ1v) is 11.4. The molecule has 1 fully saturated rings. The average molecular weight is 548 g/mol. The third-order valence-corrected chi connectivity index (χ3v) is 6.08. The first kappa shape index (κ1) is 28.0. The number of aldehydes is 1. The number of nitrogens with one attached hydrogen (secondary N) is 2. The molecule has 7 nitrogen and oxygen atoms in total. The van der Waals surface area contributed by atoms with E-state index in [9.17, 15) is 35.5 Å². The fourth-order valence-corrected chi connectivity index (χ4v) is 4.23. The summed E-state index contributed by atoms with van der Waals surface area (Å²) in [7, 11) is 0. The van der Waals surface area contributed by atoms with Crippen molar-refractivity contribution >= 4 is 12.1 Å². The van der Waals surface area contributed by atoms with Crippen molar-refractivity contribution in [3.8, 4) is 0 Å². The molecule has 0 spiro atoms. The van der Waals surface area contributed by atoms with Gasteiger partial charge in [0.1, 0.15) is 11.7 Å². The van der Waals surface area contributed by atoms with Crippen LogP contribution in [-0.4, -0.2) is 49.2 Å². The van der Waals surface area contributed by atoms with Crippen LogP contribution in [0.4, 0.5) is 30.7 Å². The van der Waals surface area contributed by atoms with E-state index in [2.05, 4.69) is 15.8 Å². The van der Waals surface area contributed by atoms with Crippen molar-refractivity contribution in [3.05, 3.63) is 70.5 Å². The molecule has 4 atom stereocenters. The van der Waals surface area contributed by atoms with Crippen LogP contribution in [0.5, 0.6) is 0 Å². The Morgan fingerprint density at radius 3 is 2.29 bits per heavy atom. The molecule has 4 rings (SSSR count). The van der Waals surface area contributed by atoms with E-state index in [4.69, 9.17) is 9.47 Å². The van der Waals surface area contributed by atoms with Crippen LogP contribution < -0.4 is 10.9 Å². The number of halogens is 7. The van der Waals surface area contributed by atoms with E-state index in [1.165, 1.54) is 31.2 Å². The van der Waals surface area contributed by atoms with Crippen molar-refractivity contribution in [2.45, 2.75) is 43.9 Å². The zero-order valence-corrected chi connectivity index (χ0v) is 19.8. The summed E-state index contributed by atoms with van der Waals surface area (Å²) in [5, 5.41) is 0. The van der Waals surface area contributed by atoms with Crippen LogP contribution in [0.15, 0.2) is 47.5 Å². The van der Waals surface area contributed by atoms with Gasteiger partial charge in [-0.3, -0.25) is 9.69 Å². The summed E-state index contributed by atoms with van der Waals surface area (Å²) in [5.74, 6) is -0.0954. The molecule has 2 aliphatic heterocycles. The molecule has 0 amide bonds. The van der Waals surface area contributed by atoms with Gasteiger partial charge in [0.05, 0.1) is 36.4 Å². The van der Waals surface area contributed by atoms with E-state index in [0.29, 0.717) is 36.4 Å². The van der Waals surface area contributed by atoms with Crippen LogP contribution in [0, 0.1) is 5.82 Å². The summed E-state index contributed by atoms with van der Waals surface area (Å²) in [6.07, 6.45) is -12.6. The quantitative estimate of drug-likeness (QED) is 0.396. The molecule has 2 aromatic rings. The molecule has 1 saturated heterocycles. The molecule has 206 valence electrons. The van der Waals surface area contributed by atoms with Gasteiger partial charge in [-0.2, -0.15) is 26.3 Å².